The second-order valence-electron chi connectivity index (χ2n) is 2.19. The molecule has 0 aromatic carbocycles. The fourth-order valence-corrected chi connectivity index (χ4v) is 0.577. The van der Waals surface area contributed by atoms with Crippen LogP contribution in [-0.4, -0.2) is 36.1 Å². The number of rotatable bonds is 5. The molecule has 0 saturated carbocycles. The average molecular weight is 201 g/mol. The van der Waals surface area contributed by atoms with Crippen LogP contribution < -0.4 is 5.32 Å². The number of hydrogen-bond acceptors (Lipinski definition) is 4. The van der Waals surface area contributed by atoms with Gasteiger partial charge in [-0.2, -0.15) is 0 Å². The van der Waals surface area contributed by atoms with Crippen LogP contribution in [0.3, 0.4) is 0 Å². The van der Waals surface area contributed by atoms with Crippen LogP contribution in [0.4, 0.5) is 0 Å². The number of carboxylic acids is 1. The Bertz CT molecular complexity index is 258. The van der Waals surface area contributed by atoms with Gasteiger partial charge in [-0.05, 0) is 6.92 Å². The van der Waals surface area contributed by atoms with E-state index in [2.05, 4.69) is 10.1 Å². The minimum atomic E-state index is -1.23. The molecular weight excluding hydrogens is 190 g/mol. The predicted octanol–water partition coefficient (Wildman–Crippen LogP) is -0.694. The van der Waals surface area contributed by atoms with Crippen LogP contribution in [0.25, 0.3) is 0 Å². The second kappa shape index (κ2) is 6.64. The first-order chi connectivity index (χ1) is 6.56. The molecule has 0 aliphatic rings. The molecule has 0 rings (SSSR count). The minimum absolute atomic E-state index is 0.236. The second-order valence-corrected chi connectivity index (χ2v) is 2.19. The third-order valence-electron chi connectivity index (χ3n) is 1.09. The van der Waals surface area contributed by atoms with Crippen molar-refractivity contribution in [2.45, 2.75) is 6.92 Å². The van der Waals surface area contributed by atoms with E-state index in [1.807, 2.05) is 0 Å². The van der Waals surface area contributed by atoms with Crippen molar-refractivity contribution in [3.05, 3.63) is 12.2 Å². The molecule has 0 unspecified atom stereocenters. The summed E-state index contributed by atoms with van der Waals surface area (Å²) in [6.07, 6.45) is 1.50. The molecule has 2 N–H and O–H groups in total. The van der Waals surface area contributed by atoms with Gasteiger partial charge in [0.25, 0.3) is 0 Å². The molecule has 0 aromatic heterocycles. The van der Waals surface area contributed by atoms with Crippen molar-refractivity contribution in [2.24, 2.45) is 0 Å². The lowest BCUT2D eigenvalue weighted by Crippen LogP contribution is -2.29. The van der Waals surface area contributed by atoms with E-state index in [0.717, 1.165) is 6.08 Å². The molecule has 0 heterocycles. The van der Waals surface area contributed by atoms with Gasteiger partial charge < -0.3 is 15.2 Å². The molecule has 0 aliphatic carbocycles. The van der Waals surface area contributed by atoms with Crippen LogP contribution >= 0.6 is 0 Å². The van der Waals surface area contributed by atoms with Crippen molar-refractivity contribution in [3.8, 4) is 0 Å². The molecule has 6 heteroatoms. The number of carbonyl (C=O) groups excluding carboxylic acids is 2. The fourth-order valence-electron chi connectivity index (χ4n) is 0.577. The molecule has 0 bridgehead atoms. The van der Waals surface area contributed by atoms with Crippen LogP contribution in [0.5, 0.6) is 0 Å². The van der Waals surface area contributed by atoms with E-state index in [-0.39, 0.29) is 13.2 Å². The third kappa shape index (κ3) is 6.84. The number of carbonyl (C=O) groups is 3. The standard InChI is InChI=1S/C8H11NO5/c1-2-14-8(13)5-9-6(10)3-4-7(11)12/h3-4H,2,5H2,1H3,(H,9,10)(H,11,12). The Morgan fingerprint density at radius 2 is 2.00 bits per heavy atom. The first-order valence-electron chi connectivity index (χ1n) is 3.90. The van der Waals surface area contributed by atoms with Crippen molar-refractivity contribution < 1.29 is 24.2 Å². The lowest BCUT2D eigenvalue weighted by molar-refractivity contribution is -0.143. The number of ether oxygens (including phenoxy) is 1. The summed E-state index contributed by atoms with van der Waals surface area (Å²) in [4.78, 5) is 31.5. The largest absolute Gasteiger partial charge is 0.478 e. The van der Waals surface area contributed by atoms with Crippen molar-refractivity contribution in [1.29, 1.82) is 0 Å². The van der Waals surface area contributed by atoms with Gasteiger partial charge in [0.15, 0.2) is 0 Å². The lowest BCUT2D eigenvalue weighted by Gasteiger charge is -2.01. The Kier molecular flexibility index (Phi) is 5.77. The van der Waals surface area contributed by atoms with Crippen LogP contribution in [0.2, 0.25) is 0 Å². The molecule has 0 saturated heterocycles. The normalized spacial score (nSPS) is 9.79. The van der Waals surface area contributed by atoms with Gasteiger partial charge >= 0.3 is 11.9 Å². The van der Waals surface area contributed by atoms with Gasteiger partial charge in [-0.1, -0.05) is 0 Å². The number of esters is 1. The van der Waals surface area contributed by atoms with Crippen molar-refractivity contribution in [3.63, 3.8) is 0 Å². The minimum Gasteiger partial charge on any atom is -0.478 e. The van der Waals surface area contributed by atoms with Crippen molar-refractivity contribution in [2.75, 3.05) is 13.2 Å². The molecule has 1 amide bonds. The quantitative estimate of drug-likeness (QED) is 0.453. The Morgan fingerprint density at radius 1 is 1.36 bits per heavy atom. The monoisotopic (exact) mass is 201 g/mol. The van der Waals surface area contributed by atoms with Crippen molar-refractivity contribution >= 4 is 17.8 Å². The third-order valence-corrected chi connectivity index (χ3v) is 1.09. The van der Waals surface area contributed by atoms with E-state index in [0.29, 0.717) is 6.08 Å². The maximum Gasteiger partial charge on any atom is 0.328 e. The predicted molar refractivity (Wildman–Crippen MR) is 46.4 cm³/mol. The summed E-state index contributed by atoms with van der Waals surface area (Å²) in [6, 6.07) is 0. The summed E-state index contributed by atoms with van der Waals surface area (Å²) >= 11 is 0. The number of hydrogen-bond donors (Lipinski definition) is 2. The van der Waals surface area contributed by atoms with E-state index in [9.17, 15) is 14.4 Å². The summed E-state index contributed by atoms with van der Waals surface area (Å²) in [6.45, 7) is 1.61. The van der Waals surface area contributed by atoms with E-state index in [4.69, 9.17) is 5.11 Å². The van der Waals surface area contributed by atoms with Gasteiger partial charge in [0.2, 0.25) is 5.91 Å². The van der Waals surface area contributed by atoms with Crippen molar-refractivity contribution in [1.82, 2.24) is 5.32 Å². The molecule has 0 spiro atoms. The van der Waals surface area contributed by atoms with E-state index in [1.165, 1.54) is 0 Å². The molecular formula is C8H11NO5. The molecule has 0 aromatic rings. The molecule has 0 fully saturated rings. The molecule has 0 radical (unpaired) electrons. The van der Waals surface area contributed by atoms with Crippen LogP contribution in [0, 0.1) is 0 Å². The van der Waals surface area contributed by atoms with E-state index >= 15 is 0 Å². The summed E-state index contributed by atoms with van der Waals surface area (Å²) in [7, 11) is 0. The average Bonchev–Trinajstić information content (AvgIpc) is 2.12. The number of nitrogens with one attached hydrogen (secondary N) is 1. The molecule has 14 heavy (non-hydrogen) atoms. The first kappa shape index (κ1) is 12.2. The van der Waals surface area contributed by atoms with Gasteiger partial charge in [0, 0.05) is 12.2 Å². The van der Waals surface area contributed by atoms with Gasteiger partial charge in [-0.25, -0.2) is 4.79 Å². The Morgan fingerprint density at radius 3 is 2.50 bits per heavy atom. The van der Waals surface area contributed by atoms with Crippen LogP contribution in [-0.2, 0) is 19.1 Å². The Balaban J connectivity index is 3.74. The SMILES string of the molecule is CCOC(=O)CNC(=O)C=CC(=O)O. The first-order valence-corrected chi connectivity index (χ1v) is 3.90. The molecule has 0 aliphatic heterocycles. The Hall–Kier alpha value is -1.85. The van der Waals surface area contributed by atoms with Crippen LogP contribution in [0.15, 0.2) is 12.2 Å². The van der Waals surface area contributed by atoms with Gasteiger partial charge in [0.05, 0.1) is 6.61 Å². The molecule has 6 nitrogen and oxygen atoms in total. The molecule has 78 valence electrons. The molecule has 0 atom stereocenters. The summed E-state index contributed by atoms with van der Waals surface area (Å²) in [5.74, 6) is -2.44. The lowest BCUT2D eigenvalue weighted by atomic mass is 10.4. The number of amides is 1. The maximum atomic E-state index is 10.8. The van der Waals surface area contributed by atoms with Gasteiger partial charge in [-0.3, -0.25) is 9.59 Å². The number of aliphatic carboxylic acids is 1. The van der Waals surface area contributed by atoms with Gasteiger partial charge in [0.1, 0.15) is 6.54 Å². The maximum absolute atomic E-state index is 10.8. The Labute approximate surface area is 80.5 Å². The highest BCUT2D eigenvalue weighted by atomic mass is 16.5. The summed E-state index contributed by atoms with van der Waals surface area (Å²) in [5.41, 5.74) is 0. The fraction of sp³-hybridized carbons (Fsp3) is 0.375. The number of carboxylic acid groups (broad SMARTS) is 1. The zero-order valence-electron chi connectivity index (χ0n) is 7.65. The summed E-state index contributed by atoms with van der Waals surface area (Å²) < 4.78 is 4.52. The van der Waals surface area contributed by atoms with E-state index in [1.54, 1.807) is 6.92 Å². The van der Waals surface area contributed by atoms with E-state index < -0.39 is 17.8 Å². The van der Waals surface area contributed by atoms with Gasteiger partial charge in [-0.15, -0.1) is 0 Å². The highest BCUT2D eigenvalue weighted by molar-refractivity contribution is 5.95. The zero-order valence-corrected chi connectivity index (χ0v) is 7.65. The van der Waals surface area contributed by atoms with Crippen LogP contribution in [0.1, 0.15) is 6.92 Å². The smallest absolute Gasteiger partial charge is 0.328 e. The topological polar surface area (TPSA) is 92.7 Å². The zero-order chi connectivity index (χ0) is 11.0. The summed E-state index contributed by atoms with van der Waals surface area (Å²) in [5, 5.41) is 10.3. The highest BCUT2D eigenvalue weighted by Crippen LogP contribution is 1.77. The highest BCUT2D eigenvalue weighted by Gasteiger charge is 2.02.